The molecule has 1 amide bonds. The maximum atomic E-state index is 11.9. The second kappa shape index (κ2) is 6.38. The number of hydrogen-bond acceptors (Lipinski definition) is 2. The van der Waals surface area contributed by atoms with Crippen LogP contribution in [0.15, 0.2) is 22.7 Å². The minimum absolute atomic E-state index is 0. The third-order valence-electron chi connectivity index (χ3n) is 2.90. The van der Waals surface area contributed by atoms with E-state index in [9.17, 15) is 4.79 Å². The van der Waals surface area contributed by atoms with Crippen molar-refractivity contribution in [1.29, 1.82) is 0 Å². The Labute approximate surface area is 116 Å². The Balaban J connectivity index is 0.00000144. The molecule has 0 unspecified atom stereocenters. The fraction of sp³-hybridized carbons (Fsp3) is 0.417. The van der Waals surface area contributed by atoms with Gasteiger partial charge in [-0.3, -0.25) is 4.79 Å². The standard InChI is InChI=1S/C12H15BrN2O.ClH/c1-8-9(13)4-2-5-10(8)15-12(16)11-6-3-7-14-11;/h2,4-5,11,14H,3,6-7H2,1H3,(H,15,16);1H/t11-;/m0./s1. The average Bonchev–Trinajstić information content (AvgIpc) is 2.78. The Morgan fingerprint density at radius 2 is 2.29 bits per heavy atom. The van der Waals surface area contributed by atoms with Gasteiger partial charge in [-0.15, -0.1) is 12.4 Å². The second-order valence-corrected chi connectivity index (χ2v) is 4.90. The normalized spacial score (nSPS) is 18.6. The van der Waals surface area contributed by atoms with Crippen LogP contribution in [0.25, 0.3) is 0 Å². The zero-order valence-corrected chi connectivity index (χ0v) is 12.0. The minimum atomic E-state index is -0.0293. The Morgan fingerprint density at radius 3 is 2.94 bits per heavy atom. The zero-order chi connectivity index (χ0) is 11.5. The summed E-state index contributed by atoms with van der Waals surface area (Å²) in [4.78, 5) is 11.9. The van der Waals surface area contributed by atoms with Crippen molar-refractivity contribution >= 4 is 39.9 Å². The lowest BCUT2D eigenvalue weighted by Crippen LogP contribution is -2.35. The topological polar surface area (TPSA) is 41.1 Å². The number of carbonyl (C=O) groups is 1. The van der Waals surface area contributed by atoms with E-state index in [1.807, 2.05) is 25.1 Å². The lowest BCUT2D eigenvalue weighted by Gasteiger charge is -2.13. The lowest BCUT2D eigenvalue weighted by atomic mass is 10.1. The van der Waals surface area contributed by atoms with Crippen LogP contribution in [0.1, 0.15) is 18.4 Å². The Morgan fingerprint density at radius 1 is 1.53 bits per heavy atom. The molecule has 1 heterocycles. The van der Waals surface area contributed by atoms with E-state index >= 15 is 0 Å². The van der Waals surface area contributed by atoms with Gasteiger partial charge < -0.3 is 10.6 Å². The summed E-state index contributed by atoms with van der Waals surface area (Å²) in [6, 6.07) is 5.79. The molecule has 0 saturated carbocycles. The molecule has 17 heavy (non-hydrogen) atoms. The fourth-order valence-electron chi connectivity index (χ4n) is 1.87. The van der Waals surface area contributed by atoms with Crippen molar-refractivity contribution in [2.24, 2.45) is 0 Å². The van der Waals surface area contributed by atoms with E-state index in [0.717, 1.165) is 35.1 Å². The molecule has 1 aromatic carbocycles. The van der Waals surface area contributed by atoms with Gasteiger partial charge in [-0.1, -0.05) is 22.0 Å². The van der Waals surface area contributed by atoms with Crippen LogP contribution in [0, 0.1) is 6.92 Å². The van der Waals surface area contributed by atoms with Gasteiger partial charge >= 0.3 is 0 Å². The molecule has 2 N–H and O–H groups in total. The molecule has 1 atom stereocenters. The van der Waals surface area contributed by atoms with Crippen LogP contribution in [0.3, 0.4) is 0 Å². The fourth-order valence-corrected chi connectivity index (χ4v) is 2.24. The van der Waals surface area contributed by atoms with Crippen molar-refractivity contribution in [1.82, 2.24) is 5.32 Å². The molecule has 0 bridgehead atoms. The highest BCUT2D eigenvalue weighted by Gasteiger charge is 2.22. The van der Waals surface area contributed by atoms with E-state index in [1.54, 1.807) is 0 Å². The monoisotopic (exact) mass is 318 g/mol. The van der Waals surface area contributed by atoms with Crippen LogP contribution in [0.4, 0.5) is 5.69 Å². The molecule has 1 aromatic rings. The van der Waals surface area contributed by atoms with Crippen molar-refractivity contribution < 1.29 is 4.79 Å². The van der Waals surface area contributed by atoms with E-state index in [2.05, 4.69) is 26.6 Å². The van der Waals surface area contributed by atoms with Crippen molar-refractivity contribution in [3.63, 3.8) is 0 Å². The number of carbonyl (C=O) groups excluding carboxylic acids is 1. The first kappa shape index (κ1) is 14.5. The van der Waals surface area contributed by atoms with Gasteiger partial charge in [-0.2, -0.15) is 0 Å². The maximum Gasteiger partial charge on any atom is 0.241 e. The average molecular weight is 320 g/mol. The van der Waals surface area contributed by atoms with Crippen LogP contribution in [0.5, 0.6) is 0 Å². The molecule has 94 valence electrons. The number of benzene rings is 1. The van der Waals surface area contributed by atoms with E-state index in [4.69, 9.17) is 0 Å². The first-order valence-corrected chi connectivity index (χ1v) is 6.27. The number of hydrogen-bond donors (Lipinski definition) is 2. The Kier molecular flexibility index (Phi) is 5.43. The summed E-state index contributed by atoms with van der Waals surface area (Å²) < 4.78 is 1.02. The van der Waals surface area contributed by atoms with Crippen molar-refractivity contribution in [3.8, 4) is 0 Å². The van der Waals surface area contributed by atoms with Gasteiger partial charge in [-0.25, -0.2) is 0 Å². The van der Waals surface area contributed by atoms with Crippen LogP contribution in [-0.4, -0.2) is 18.5 Å². The summed E-state index contributed by atoms with van der Waals surface area (Å²) in [5.41, 5.74) is 1.95. The first-order valence-electron chi connectivity index (χ1n) is 5.48. The molecule has 0 aliphatic carbocycles. The molecule has 2 rings (SSSR count). The highest BCUT2D eigenvalue weighted by atomic mass is 79.9. The maximum absolute atomic E-state index is 11.9. The summed E-state index contributed by atoms with van der Waals surface area (Å²) in [5, 5.41) is 6.15. The third-order valence-corrected chi connectivity index (χ3v) is 3.76. The zero-order valence-electron chi connectivity index (χ0n) is 9.63. The molecule has 1 saturated heterocycles. The van der Waals surface area contributed by atoms with Crippen LogP contribution < -0.4 is 10.6 Å². The second-order valence-electron chi connectivity index (χ2n) is 4.05. The number of nitrogens with one attached hydrogen (secondary N) is 2. The van der Waals surface area contributed by atoms with Crippen LogP contribution >= 0.6 is 28.3 Å². The predicted octanol–water partition coefficient (Wildman–Crippen LogP) is 2.87. The molecular weight excluding hydrogens is 304 g/mol. The van der Waals surface area contributed by atoms with Crippen LogP contribution in [-0.2, 0) is 4.79 Å². The van der Waals surface area contributed by atoms with E-state index in [1.165, 1.54) is 0 Å². The third kappa shape index (κ3) is 3.44. The quantitative estimate of drug-likeness (QED) is 0.880. The van der Waals surface area contributed by atoms with E-state index in [0.29, 0.717) is 0 Å². The first-order chi connectivity index (χ1) is 7.68. The Hall–Kier alpha value is -0.580. The highest BCUT2D eigenvalue weighted by Crippen LogP contribution is 2.23. The van der Waals surface area contributed by atoms with Gasteiger partial charge in [0, 0.05) is 10.2 Å². The highest BCUT2D eigenvalue weighted by molar-refractivity contribution is 9.10. The van der Waals surface area contributed by atoms with Gasteiger partial charge in [-0.05, 0) is 44.0 Å². The summed E-state index contributed by atoms with van der Waals surface area (Å²) in [6.07, 6.45) is 2.01. The number of anilines is 1. The molecule has 1 fully saturated rings. The number of rotatable bonds is 2. The molecular formula is C12H16BrClN2O. The summed E-state index contributed by atoms with van der Waals surface area (Å²) >= 11 is 3.45. The van der Waals surface area contributed by atoms with Gasteiger partial charge in [0.1, 0.15) is 0 Å². The molecule has 0 radical (unpaired) electrons. The summed E-state index contributed by atoms with van der Waals surface area (Å²) in [6.45, 7) is 2.93. The van der Waals surface area contributed by atoms with E-state index in [-0.39, 0.29) is 24.4 Å². The number of halogens is 2. The molecule has 0 aromatic heterocycles. The van der Waals surface area contributed by atoms with E-state index < -0.39 is 0 Å². The molecule has 1 aliphatic heterocycles. The smallest absolute Gasteiger partial charge is 0.241 e. The molecule has 0 spiro atoms. The number of amides is 1. The molecule has 5 heteroatoms. The molecule has 1 aliphatic rings. The summed E-state index contributed by atoms with van der Waals surface area (Å²) in [5.74, 6) is 0.0682. The SMILES string of the molecule is Cc1c(Br)cccc1NC(=O)[C@@H]1CCCN1.Cl. The summed E-state index contributed by atoms with van der Waals surface area (Å²) in [7, 11) is 0. The predicted molar refractivity (Wildman–Crippen MR) is 75.8 cm³/mol. The minimum Gasteiger partial charge on any atom is -0.324 e. The molecule has 3 nitrogen and oxygen atoms in total. The van der Waals surface area contributed by atoms with Gasteiger partial charge in [0.05, 0.1) is 6.04 Å². The van der Waals surface area contributed by atoms with Gasteiger partial charge in [0.15, 0.2) is 0 Å². The Bertz CT molecular complexity index is 405. The van der Waals surface area contributed by atoms with Gasteiger partial charge in [0.25, 0.3) is 0 Å². The van der Waals surface area contributed by atoms with Crippen molar-refractivity contribution in [2.45, 2.75) is 25.8 Å². The van der Waals surface area contributed by atoms with Crippen molar-refractivity contribution in [3.05, 3.63) is 28.2 Å². The largest absolute Gasteiger partial charge is 0.324 e. The lowest BCUT2D eigenvalue weighted by molar-refractivity contribution is -0.117. The van der Waals surface area contributed by atoms with Gasteiger partial charge in [0.2, 0.25) is 5.91 Å². The van der Waals surface area contributed by atoms with Crippen molar-refractivity contribution in [2.75, 3.05) is 11.9 Å². The van der Waals surface area contributed by atoms with Crippen LogP contribution in [0.2, 0.25) is 0 Å².